The quantitative estimate of drug-likeness (QED) is 0.567. The van der Waals surface area contributed by atoms with Gasteiger partial charge in [-0.3, -0.25) is 4.99 Å². The second kappa shape index (κ2) is 10.9. The Bertz CT molecular complexity index is 678. The van der Waals surface area contributed by atoms with Crippen LogP contribution in [-0.2, 0) is 0 Å². The van der Waals surface area contributed by atoms with E-state index in [9.17, 15) is 0 Å². The number of rotatable bonds is 7. The number of methoxy groups -OCH3 is 2. The molecular weight excluding hydrogens is 324 g/mol. The minimum absolute atomic E-state index is 0. The van der Waals surface area contributed by atoms with Gasteiger partial charge in [0.15, 0.2) is 0 Å². The van der Waals surface area contributed by atoms with E-state index in [1.54, 1.807) is 20.4 Å². The summed E-state index contributed by atoms with van der Waals surface area (Å²) in [6.07, 6.45) is 9.29. The van der Waals surface area contributed by atoms with Crippen molar-refractivity contribution in [3.8, 4) is 11.5 Å². The molecule has 0 saturated heterocycles. The molecule has 2 rings (SSSR count). The largest absolute Gasteiger partial charge is 0.497 e. The standard InChI is InChI=1S/C19H20N2O2.ClH/c1-22-18-10-6-16(7-11-18)20-14-4-3-5-15-21-17-8-12-19(23-2)13-9-17;/h3-15,20H,1-2H3;1H. The van der Waals surface area contributed by atoms with Crippen LogP contribution in [0.25, 0.3) is 0 Å². The topological polar surface area (TPSA) is 42.8 Å². The summed E-state index contributed by atoms with van der Waals surface area (Å²) in [5, 5.41) is 3.17. The fourth-order valence-corrected chi connectivity index (χ4v) is 1.80. The van der Waals surface area contributed by atoms with Crippen molar-refractivity contribution in [2.75, 3.05) is 19.5 Å². The molecule has 0 fully saturated rings. The molecule has 2 aromatic carbocycles. The molecule has 2 aromatic rings. The number of benzene rings is 2. The van der Waals surface area contributed by atoms with E-state index in [-0.39, 0.29) is 12.4 Å². The first-order valence-electron chi connectivity index (χ1n) is 7.22. The normalized spacial score (nSPS) is 10.9. The fraction of sp³-hybridized carbons (Fsp3) is 0.105. The van der Waals surface area contributed by atoms with Crippen LogP contribution in [0.4, 0.5) is 11.4 Å². The van der Waals surface area contributed by atoms with E-state index in [1.165, 1.54) is 0 Å². The number of anilines is 1. The molecule has 0 bridgehead atoms. The summed E-state index contributed by atoms with van der Waals surface area (Å²) in [6.45, 7) is 0. The van der Waals surface area contributed by atoms with Crippen LogP contribution in [0.2, 0.25) is 0 Å². The highest BCUT2D eigenvalue weighted by Crippen LogP contribution is 2.17. The van der Waals surface area contributed by atoms with Gasteiger partial charge in [0.1, 0.15) is 11.5 Å². The molecule has 0 unspecified atom stereocenters. The summed E-state index contributed by atoms with van der Waals surface area (Å²) in [7, 11) is 3.30. The van der Waals surface area contributed by atoms with Gasteiger partial charge in [0.2, 0.25) is 0 Å². The average molecular weight is 345 g/mol. The summed E-state index contributed by atoms with van der Waals surface area (Å²) in [6, 6.07) is 15.3. The van der Waals surface area contributed by atoms with E-state index in [0.29, 0.717) is 0 Å². The lowest BCUT2D eigenvalue weighted by atomic mass is 10.3. The van der Waals surface area contributed by atoms with Gasteiger partial charge in [-0.1, -0.05) is 6.08 Å². The van der Waals surface area contributed by atoms with Crippen LogP contribution in [0.5, 0.6) is 11.5 Å². The zero-order valence-corrected chi connectivity index (χ0v) is 14.5. The molecule has 0 aliphatic heterocycles. The third kappa shape index (κ3) is 6.58. The van der Waals surface area contributed by atoms with E-state index in [1.807, 2.05) is 73.0 Å². The van der Waals surface area contributed by atoms with Crippen LogP contribution in [-0.4, -0.2) is 20.4 Å². The number of nitrogens with one attached hydrogen (secondary N) is 1. The molecular formula is C19H21ClN2O2. The van der Waals surface area contributed by atoms with Crippen molar-refractivity contribution in [2.45, 2.75) is 0 Å². The van der Waals surface area contributed by atoms with Gasteiger partial charge in [-0.25, -0.2) is 0 Å². The van der Waals surface area contributed by atoms with Gasteiger partial charge < -0.3 is 14.8 Å². The first-order valence-corrected chi connectivity index (χ1v) is 7.22. The lowest BCUT2D eigenvalue weighted by molar-refractivity contribution is 0.415. The fourth-order valence-electron chi connectivity index (χ4n) is 1.80. The predicted octanol–water partition coefficient (Wildman–Crippen LogP) is 5.01. The van der Waals surface area contributed by atoms with Gasteiger partial charge in [0.25, 0.3) is 0 Å². The van der Waals surface area contributed by atoms with Crippen molar-refractivity contribution in [3.05, 3.63) is 73.0 Å². The summed E-state index contributed by atoms with van der Waals surface area (Å²) in [4.78, 5) is 4.32. The molecule has 0 aliphatic rings. The number of ether oxygens (including phenoxy) is 2. The van der Waals surface area contributed by atoms with Crippen LogP contribution >= 0.6 is 12.4 Å². The van der Waals surface area contributed by atoms with Crippen LogP contribution in [0, 0.1) is 0 Å². The highest BCUT2D eigenvalue weighted by atomic mass is 35.5. The van der Waals surface area contributed by atoms with Crippen molar-refractivity contribution >= 4 is 30.0 Å². The second-order valence-electron chi connectivity index (χ2n) is 4.59. The Hall–Kier alpha value is -2.72. The molecule has 4 nitrogen and oxygen atoms in total. The maximum atomic E-state index is 5.11. The van der Waals surface area contributed by atoms with Crippen molar-refractivity contribution in [2.24, 2.45) is 4.99 Å². The number of aliphatic imine (C=N–C) groups is 1. The third-order valence-corrected chi connectivity index (χ3v) is 3.04. The monoisotopic (exact) mass is 344 g/mol. The molecule has 0 heterocycles. The maximum Gasteiger partial charge on any atom is 0.119 e. The van der Waals surface area contributed by atoms with Crippen molar-refractivity contribution < 1.29 is 9.47 Å². The van der Waals surface area contributed by atoms with E-state index < -0.39 is 0 Å². The van der Waals surface area contributed by atoms with Gasteiger partial charge >= 0.3 is 0 Å². The van der Waals surface area contributed by atoms with Crippen molar-refractivity contribution in [1.29, 1.82) is 0 Å². The number of hydrogen-bond acceptors (Lipinski definition) is 4. The van der Waals surface area contributed by atoms with Crippen LogP contribution in [0.3, 0.4) is 0 Å². The zero-order valence-electron chi connectivity index (χ0n) is 13.7. The molecule has 0 saturated carbocycles. The maximum absolute atomic E-state index is 5.11. The zero-order chi connectivity index (χ0) is 16.3. The van der Waals surface area contributed by atoms with Gasteiger partial charge in [-0.05, 0) is 60.7 Å². The first-order chi connectivity index (χ1) is 11.3. The summed E-state index contributed by atoms with van der Waals surface area (Å²) < 4.78 is 10.2. The Morgan fingerprint density at radius 3 is 1.96 bits per heavy atom. The summed E-state index contributed by atoms with van der Waals surface area (Å²) in [5.41, 5.74) is 1.89. The Morgan fingerprint density at radius 1 is 0.792 bits per heavy atom. The Labute approximate surface area is 148 Å². The molecule has 0 aromatic heterocycles. The summed E-state index contributed by atoms with van der Waals surface area (Å²) >= 11 is 0. The highest BCUT2D eigenvalue weighted by molar-refractivity contribution is 5.85. The van der Waals surface area contributed by atoms with Crippen LogP contribution < -0.4 is 14.8 Å². The molecule has 126 valence electrons. The third-order valence-electron chi connectivity index (χ3n) is 3.04. The van der Waals surface area contributed by atoms with Gasteiger partial charge in [0, 0.05) is 18.1 Å². The second-order valence-corrected chi connectivity index (χ2v) is 4.59. The number of nitrogens with zero attached hydrogens (tertiary/aromatic N) is 1. The number of allylic oxidation sites excluding steroid dienone is 3. The van der Waals surface area contributed by atoms with Gasteiger partial charge in [-0.15, -0.1) is 12.4 Å². The Balaban J connectivity index is 0.00000288. The Morgan fingerprint density at radius 2 is 1.38 bits per heavy atom. The Kier molecular flexibility index (Phi) is 8.79. The van der Waals surface area contributed by atoms with E-state index >= 15 is 0 Å². The van der Waals surface area contributed by atoms with Crippen LogP contribution in [0.15, 0.2) is 78.0 Å². The molecule has 24 heavy (non-hydrogen) atoms. The SMILES string of the molecule is COc1ccc(N=CC=CC=CNc2ccc(OC)cc2)cc1.Cl. The van der Waals surface area contributed by atoms with Gasteiger partial charge in [0.05, 0.1) is 19.9 Å². The smallest absolute Gasteiger partial charge is 0.119 e. The molecule has 0 aliphatic carbocycles. The minimum atomic E-state index is 0. The van der Waals surface area contributed by atoms with Crippen molar-refractivity contribution in [3.63, 3.8) is 0 Å². The lowest BCUT2D eigenvalue weighted by Crippen LogP contribution is -1.87. The molecule has 1 N–H and O–H groups in total. The van der Waals surface area contributed by atoms with E-state index in [4.69, 9.17) is 9.47 Å². The van der Waals surface area contributed by atoms with Gasteiger partial charge in [-0.2, -0.15) is 0 Å². The molecule has 0 atom stereocenters. The first kappa shape index (κ1) is 19.3. The number of halogens is 1. The minimum Gasteiger partial charge on any atom is -0.497 e. The van der Waals surface area contributed by atoms with E-state index in [0.717, 1.165) is 22.9 Å². The molecule has 0 amide bonds. The lowest BCUT2D eigenvalue weighted by Gasteiger charge is -2.02. The highest BCUT2D eigenvalue weighted by Gasteiger charge is 1.90. The average Bonchev–Trinajstić information content (AvgIpc) is 2.62. The summed E-state index contributed by atoms with van der Waals surface area (Å²) in [5.74, 6) is 1.67. The molecule has 5 heteroatoms. The van der Waals surface area contributed by atoms with Crippen LogP contribution in [0.1, 0.15) is 0 Å². The van der Waals surface area contributed by atoms with E-state index in [2.05, 4.69) is 10.3 Å². The predicted molar refractivity (Wildman–Crippen MR) is 103 cm³/mol. The number of hydrogen-bond donors (Lipinski definition) is 1. The molecule has 0 spiro atoms. The van der Waals surface area contributed by atoms with Crippen molar-refractivity contribution in [1.82, 2.24) is 0 Å². The molecule has 0 radical (unpaired) electrons.